The largest absolute Gasteiger partial charge is 0.495 e. The van der Waals surface area contributed by atoms with Crippen LogP contribution in [0.1, 0.15) is 10.4 Å². The highest BCUT2D eigenvalue weighted by Crippen LogP contribution is 2.34. The molecule has 190 valence electrons. The van der Waals surface area contributed by atoms with Gasteiger partial charge < -0.3 is 20.1 Å². The second kappa shape index (κ2) is 12.4. The van der Waals surface area contributed by atoms with Gasteiger partial charge in [0, 0.05) is 18.7 Å². The van der Waals surface area contributed by atoms with Gasteiger partial charge in [-0.05, 0) is 42.5 Å². The summed E-state index contributed by atoms with van der Waals surface area (Å²) in [4.78, 5) is 25.7. The van der Waals surface area contributed by atoms with Crippen molar-refractivity contribution in [3.8, 4) is 5.75 Å². The van der Waals surface area contributed by atoms with E-state index in [-0.39, 0.29) is 39.2 Å². The van der Waals surface area contributed by atoms with Gasteiger partial charge >= 0.3 is 0 Å². The Kier molecular flexibility index (Phi) is 9.29. The topological polar surface area (TPSA) is 114 Å². The summed E-state index contributed by atoms with van der Waals surface area (Å²) in [5.41, 5.74) is 0.543. The number of rotatable bonds is 11. The van der Waals surface area contributed by atoms with E-state index in [1.807, 2.05) is 0 Å². The van der Waals surface area contributed by atoms with Gasteiger partial charge in [0.1, 0.15) is 12.3 Å². The summed E-state index contributed by atoms with van der Waals surface area (Å²) >= 11 is 6.16. The van der Waals surface area contributed by atoms with Gasteiger partial charge in [0.25, 0.3) is 15.9 Å². The first-order valence-electron chi connectivity index (χ1n) is 10.8. The van der Waals surface area contributed by atoms with Crippen LogP contribution < -0.4 is 19.7 Å². The predicted molar refractivity (Wildman–Crippen MR) is 138 cm³/mol. The molecule has 3 aromatic carbocycles. The average Bonchev–Trinajstić information content (AvgIpc) is 2.88. The summed E-state index contributed by atoms with van der Waals surface area (Å²) in [6, 6.07) is 18.6. The number of anilines is 2. The number of ether oxygens (including phenoxy) is 2. The van der Waals surface area contributed by atoms with Gasteiger partial charge in [-0.25, -0.2) is 8.42 Å². The molecule has 9 nitrogen and oxygen atoms in total. The van der Waals surface area contributed by atoms with Gasteiger partial charge in [0.2, 0.25) is 5.91 Å². The fraction of sp³-hybridized carbons (Fsp3) is 0.200. The van der Waals surface area contributed by atoms with Crippen molar-refractivity contribution in [2.24, 2.45) is 0 Å². The molecule has 3 aromatic rings. The molecule has 0 aliphatic rings. The second-order valence-electron chi connectivity index (χ2n) is 7.48. The standard InChI is InChI=1S/C25H26ClN3O6S/c1-34-15-14-27-25(31)20-10-6-7-11-21(20)28-24(30)17-29(22-16-18(26)12-13-23(22)35-2)36(32,33)19-8-4-3-5-9-19/h3-13,16H,14-15,17H2,1-2H3,(H,27,31)(H,28,30). The summed E-state index contributed by atoms with van der Waals surface area (Å²) in [6.07, 6.45) is 0. The van der Waals surface area contributed by atoms with E-state index in [4.69, 9.17) is 21.1 Å². The summed E-state index contributed by atoms with van der Waals surface area (Å²) < 4.78 is 38.4. The fourth-order valence-electron chi connectivity index (χ4n) is 3.35. The molecule has 0 saturated carbocycles. The SMILES string of the molecule is COCCNC(=O)c1ccccc1NC(=O)CN(c1cc(Cl)ccc1OC)S(=O)(=O)c1ccccc1. The number of benzene rings is 3. The summed E-state index contributed by atoms with van der Waals surface area (Å²) in [7, 11) is -1.29. The Labute approximate surface area is 215 Å². The van der Waals surface area contributed by atoms with Crippen LogP contribution in [-0.4, -0.2) is 54.1 Å². The number of hydrogen-bond donors (Lipinski definition) is 2. The fourth-order valence-corrected chi connectivity index (χ4v) is 4.96. The zero-order valence-corrected chi connectivity index (χ0v) is 21.3. The molecular weight excluding hydrogens is 506 g/mol. The second-order valence-corrected chi connectivity index (χ2v) is 9.78. The number of nitrogens with one attached hydrogen (secondary N) is 2. The first-order valence-corrected chi connectivity index (χ1v) is 12.7. The minimum atomic E-state index is -4.19. The zero-order chi connectivity index (χ0) is 26.1. The predicted octanol–water partition coefficient (Wildman–Crippen LogP) is 3.56. The molecule has 0 saturated heterocycles. The third kappa shape index (κ3) is 6.54. The van der Waals surface area contributed by atoms with Crippen molar-refractivity contribution in [1.82, 2.24) is 5.32 Å². The minimum Gasteiger partial charge on any atom is -0.495 e. The van der Waals surface area contributed by atoms with Gasteiger partial charge in [-0.15, -0.1) is 0 Å². The van der Waals surface area contributed by atoms with Crippen molar-refractivity contribution in [3.05, 3.63) is 83.4 Å². The Morgan fingerprint density at radius 1 is 0.972 bits per heavy atom. The van der Waals surface area contributed by atoms with Crippen molar-refractivity contribution in [1.29, 1.82) is 0 Å². The molecule has 3 rings (SSSR count). The summed E-state index contributed by atoms with van der Waals surface area (Å²) in [6.45, 7) is 0.0108. The number of amides is 2. The Morgan fingerprint density at radius 2 is 1.67 bits per heavy atom. The highest BCUT2D eigenvalue weighted by molar-refractivity contribution is 7.92. The number of methoxy groups -OCH3 is 2. The molecule has 0 spiro atoms. The number of carbonyl (C=O) groups excluding carboxylic acids is 2. The maximum Gasteiger partial charge on any atom is 0.264 e. The van der Waals surface area contributed by atoms with E-state index in [1.165, 1.54) is 38.5 Å². The van der Waals surface area contributed by atoms with Crippen molar-refractivity contribution in [2.45, 2.75) is 4.90 Å². The highest BCUT2D eigenvalue weighted by atomic mass is 35.5. The number of para-hydroxylation sites is 1. The lowest BCUT2D eigenvalue weighted by Gasteiger charge is -2.26. The Morgan fingerprint density at radius 3 is 2.36 bits per heavy atom. The average molecular weight is 532 g/mol. The molecular formula is C25H26ClN3O6S. The zero-order valence-electron chi connectivity index (χ0n) is 19.7. The van der Waals surface area contributed by atoms with Crippen LogP contribution in [0.5, 0.6) is 5.75 Å². The quantitative estimate of drug-likeness (QED) is 0.366. The van der Waals surface area contributed by atoms with Crippen LogP contribution in [0.3, 0.4) is 0 Å². The molecule has 36 heavy (non-hydrogen) atoms. The molecule has 0 heterocycles. The van der Waals surface area contributed by atoms with Crippen LogP contribution in [0.25, 0.3) is 0 Å². The van der Waals surface area contributed by atoms with Crippen LogP contribution in [0, 0.1) is 0 Å². The van der Waals surface area contributed by atoms with Gasteiger partial charge in [0.15, 0.2) is 0 Å². The third-order valence-electron chi connectivity index (χ3n) is 5.07. The maximum absolute atomic E-state index is 13.6. The molecule has 0 aromatic heterocycles. The molecule has 11 heteroatoms. The van der Waals surface area contributed by atoms with Crippen LogP contribution in [0.15, 0.2) is 77.7 Å². The molecule has 0 aliphatic carbocycles. The molecule has 0 bridgehead atoms. The number of hydrogen-bond acceptors (Lipinski definition) is 6. The van der Waals surface area contributed by atoms with Crippen molar-refractivity contribution in [3.63, 3.8) is 0 Å². The van der Waals surface area contributed by atoms with E-state index in [0.29, 0.717) is 6.61 Å². The van der Waals surface area contributed by atoms with Crippen molar-refractivity contribution in [2.75, 3.05) is 43.5 Å². The lowest BCUT2D eigenvalue weighted by molar-refractivity contribution is -0.114. The number of sulfonamides is 1. The van der Waals surface area contributed by atoms with E-state index in [1.54, 1.807) is 48.5 Å². The van der Waals surface area contributed by atoms with Gasteiger partial charge in [-0.1, -0.05) is 41.9 Å². The van der Waals surface area contributed by atoms with E-state index in [2.05, 4.69) is 10.6 Å². The monoisotopic (exact) mass is 531 g/mol. The Balaban J connectivity index is 1.95. The molecule has 0 atom stereocenters. The number of nitrogens with zero attached hydrogens (tertiary/aromatic N) is 1. The highest BCUT2D eigenvalue weighted by Gasteiger charge is 2.30. The molecule has 0 radical (unpaired) electrons. The number of halogens is 1. The molecule has 0 aliphatic heterocycles. The van der Waals surface area contributed by atoms with E-state index < -0.39 is 28.4 Å². The van der Waals surface area contributed by atoms with Gasteiger partial charge in [-0.3, -0.25) is 13.9 Å². The van der Waals surface area contributed by atoms with Crippen LogP contribution >= 0.6 is 11.6 Å². The van der Waals surface area contributed by atoms with Crippen LogP contribution in [0.4, 0.5) is 11.4 Å². The normalized spacial score (nSPS) is 11.0. The van der Waals surface area contributed by atoms with Crippen LogP contribution in [0.2, 0.25) is 5.02 Å². The van der Waals surface area contributed by atoms with E-state index in [9.17, 15) is 18.0 Å². The van der Waals surface area contributed by atoms with E-state index in [0.717, 1.165) is 4.31 Å². The molecule has 0 unspecified atom stereocenters. The van der Waals surface area contributed by atoms with Crippen LogP contribution in [-0.2, 0) is 19.6 Å². The smallest absolute Gasteiger partial charge is 0.264 e. The molecule has 2 N–H and O–H groups in total. The van der Waals surface area contributed by atoms with E-state index >= 15 is 0 Å². The van der Waals surface area contributed by atoms with Crippen molar-refractivity contribution < 1.29 is 27.5 Å². The van der Waals surface area contributed by atoms with Gasteiger partial charge in [-0.2, -0.15) is 0 Å². The molecule has 2 amide bonds. The maximum atomic E-state index is 13.6. The Bertz CT molecular complexity index is 1320. The lowest BCUT2D eigenvalue weighted by atomic mass is 10.1. The summed E-state index contributed by atoms with van der Waals surface area (Å²) in [5, 5.41) is 5.60. The Hall–Kier alpha value is -3.60. The summed E-state index contributed by atoms with van der Waals surface area (Å²) in [5.74, 6) is -0.869. The van der Waals surface area contributed by atoms with Gasteiger partial charge in [0.05, 0.1) is 35.6 Å². The minimum absolute atomic E-state index is 0.0160. The molecule has 0 fully saturated rings. The number of carbonyl (C=O) groups is 2. The first kappa shape index (κ1) is 27.0. The first-order chi connectivity index (χ1) is 17.3. The third-order valence-corrected chi connectivity index (χ3v) is 7.07. The lowest BCUT2D eigenvalue weighted by Crippen LogP contribution is -2.38. The van der Waals surface area contributed by atoms with Crippen molar-refractivity contribution >= 4 is 44.8 Å².